The maximum absolute atomic E-state index is 13.6. The van der Waals surface area contributed by atoms with E-state index in [-0.39, 0.29) is 18.0 Å². The largest absolute Gasteiger partial charge is 0.491 e. The molecule has 5 heteroatoms. The Kier molecular flexibility index (Phi) is 5.58. The Morgan fingerprint density at radius 3 is 2.78 bits per heavy atom. The number of carbonyl (C=O) groups is 1. The van der Waals surface area contributed by atoms with Gasteiger partial charge in [-0.15, -0.1) is 0 Å². The molecule has 0 amide bonds. The van der Waals surface area contributed by atoms with Gasteiger partial charge in [-0.25, -0.2) is 4.39 Å². The second kappa shape index (κ2) is 6.96. The van der Waals surface area contributed by atoms with Crippen LogP contribution in [0.2, 0.25) is 0 Å². The molecule has 1 N–H and O–H groups in total. The van der Waals surface area contributed by atoms with Gasteiger partial charge in [0.25, 0.3) is 0 Å². The number of hydrogen-bond acceptors (Lipinski definition) is 3. The summed E-state index contributed by atoms with van der Waals surface area (Å²) in [5, 5.41) is 8.56. The molecule has 0 saturated heterocycles. The van der Waals surface area contributed by atoms with Crippen LogP contribution in [0.5, 0.6) is 5.75 Å². The van der Waals surface area contributed by atoms with Crippen LogP contribution in [-0.2, 0) is 11.3 Å². The first-order valence-corrected chi connectivity index (χ1v) is 5.84. The third-order valence-corrected chi connectivity index (χ3v) is 2.46. The van der Waals surface area contributed by atoms with Gasteiger partial charge in [-0.1, -0.05) is 6.07 Å². The minimum atomic E-state index is -0.834. The van der Waals surface area contributed by atoms with E-state index in [4.69, 9.17) is 9.84 Å². The molecule has 100 valence electrons. The fourth-order valence-electron chi connectivity index (χ4n) is 1.59. The zero-order valence-electron chi connectivity index (χ0n) is 10.6. The molecule has 0 spiro atoms. The summed E-state index contributed by atoms with van der Waals surface area (Å²) in [5.41, 5.74) is 0.795. The van der Waals surface area contributed by atoms with Crippen molar-refractivity contribution in [1.29, 1.82) is 0 Å². The van der Waals surface area contributed by atoms with Crippen LogP contribution in [-0.4, -0.2) is 36.2 Å². The topological polar surface area (TPSA) is 49.8 Å². The molecule has 0 atom stereocenters. The molecule has 18 heavy (non-hydrogen) atoms. The third kappa shape index (κ3) is 4.71. The van der Waals surface area contributed by atoms with E-state index >= 15 is 0 Å². The lowest BCUT2D eigenvalue weighted by atomic mass is 10.2. The molecule has 0 saturated carbocycles. The number of hydrogen-bond donors (Lipinski definition) is 1. The molecule has 0 radical (unpaired) electrons. The van der Waals surface area contributed by atoms with E-state index < -0.39 is 5.97 Å². The maximum Gasteiger partial charge on any atom is 0.304 e. The standard InChI is InChI=1S/C13H18FNO3/c1-3-18-12-5-4-10(8-11(12)14)9-15(2)7-6-13(16)17/h4-5,8H,3,6-7,9H2,1-2H3,(H,16,17). The fraction of sp³-hybridized carbons (Fsp3) is 0.462. The first-order chi connectivity index (χ1) is 8.52. The lowest BCUT2D eigenvalue weighted by molar-refractivity contribution is -0.137. The van der Waals surface area contributed by atoms with E-state index in [1.807, 2.05) is 4.90 Å². The molecule has 0 aromatic heterocycles. The Balaban J connectivity index is 2.57. The highest BCUT2D eigenvalue weighted by Gasteiger charge is 2.07. The van der Waals surface area contributed by atoms with Gasteiger partial charge in [0, 0.05) is 13.1 Å². The van der Waals surface area contributed by atoms with Crippen molar-refractivity contribution in [2.24, 2.45) is 0 Å². The summed E-state index contributed by atoms with van der Waals surface area (Å²) in [4.78, 5) is 12.3. The molecule has 4 nitrogen and oxygen atoms in total. The van der Waals surface area contributed by atoms with Gasteiger partial charge in [0.2, 0.25) is 0 Å². The Bertz CT molecular complexity index is 409. The summed E-state index contributed by atoms with van der Waals surface area (Å²) >= 11 is 0. The second-order valence-electron chi connectivity index (χ2n) is 4.08. The predicted octanol–water partition coefficient (Wildman–Crippen LogP) is 2.13. The van der Waals surface area contributed by atoms with E-state index in [1.165, 1.54) is 6.07 Å². The molecule has 0 fully saturated rings. The van der Waals surface area contributed by atoms with Gasteiger partial charge in [0.15, 0.2) is 11.6 Å². The molecular weight excluding hydrogens is 237 g/mol. The van der Waals surface area contributed by atoms with Crippen LogP contribution in [0.1, 0.15) is 18.9 Å². The first kappa shape index (κ1) is 14.4. The van der Waals surface area contributed by atoms with Crippen molar-refractivity contribution in [3.05, 3.63) is 29.6 Å². The average Bonchev–Trinajstić information content (AvgIpc) is 2.30. The molecule has 1 aromatic carbocycles. The number of carboxylic acids is 1. The van der Waals surface area contributed by atoms with Crippen molar-refractivity contribution < 1.29 is 19.0 Å². The van der Waals surface area contributed by atoms with Crippen molar-refractivity contribution >= 4 is 5.97 Å². The number of carboxylic acid groups (broad SMARTS) is 1. The average molecular weight is 255 g/mol. The van der Waals surface area contributed by atoms with Crippen LogP contribution in [0.3, 0.4) is 0 Å². The summed E-state index contributed by atoms with van der Waals surface area (Å²) in [6.07, 6.45) is 0.0794. The van der Waals surface area contributed by atoms with Crippen molar-refractivity contribution in [3.8, 4) is 5.75 Å². The second-order valence-corrected chi connectivity index (χ2v) is 4.08. The monoisotopic (exact) mass is 255 g/mol. The quantitative estimate of drug-likeness (QED) is 0.811. The van der Waals surface area contributed by atoms with Crippen LogP contribution in [0.4, 0.5) is 4.39 Å². The molecular formula is C13H18FNO3. The first-order valence-electron chi connectivity index (χ1n) is 5.84. The van der Waals surface area contributed by atoms with Gasteiger partial charge in [-0.05, 0) is 31.7 Å². The Hall–Kier alpha value is -1.62. The maximum atomic E-state index is 13.6. The predicted molar refractivity (Wildman–Crippen MR) is 66.2 cm³/mol. The molecule has 0 aliphatic heterocycles. The van der Waals surface area contributed by atoms with Gasteiger partial charge < -0.3 is 14.7 Å². The minimum absolute atomic E-state index is 0.0794. The molecule has 0 aliphatic rings. The Labute approximate surface area is 106 Å². The van der Waals surface area contributed by atoms with Crippen LogP contribution < -0.4 is 4.74 Å². The Morgan fingerprint density at radius 1 is 1.50 bits per heavy atom. The van der Waals surface area contributed by atoms with Gasteiger partial charge in [0.1, 0.15) is 0 Å². The summed E-state index contributed by atoms with van der Waals surface area (Å²) in [6, 6.07) is 4.80. The summed E-state index contributed by atoms with van der Waals surface area (Å²) < 4.78 is 18.7. The van der Waals surface area contributed by atoms with Crippen molar-refractivity contribution in [2.75, 3.05) is 20.2 Å². The zero-order chi connectivity index (χ0) is 13.5. The number of rotatable bonds is 7. The van der Waals surface area contributed by atoms with E-state index in [2.05, 4.69) is 0 Å². The number of halogens is 1. The normalized spacial score (nSPS) is 10.7. The number of ether oxygens (including phenoxy) is 1. The highest BCUT2D eigenvalue weighted by atomic mass is 19.1. The highest BCUT2D eigenvalue weighted by molar-refractivity contribution is 5.66. The minimum Gasteiger partial charge on any atom is -0.491 e. The lowest BCUT2D eigenvalue weighted by Gasteiger charge is -2.16. The Morgan fingerprint density at radius 2 is 2.22 bits per heavy atom. The molecule has 1 rings (SSSR count). The van der Waals surface area contributed by atoms with Gasteiger partial charge >= 0.3 is 5.97 Å². The molecule has 0 heterocycles. The summed E-state index contributed by atoms with van der Waals surface area (Å²) in [6.45, 7) is 3.17. The highest BCUT2D eigenvalue weighted by Crippen LogP contribution is 2.19. The van der Waals surface area contributed by atoms with E-state index in [1.54, 1.807) is 26.1 Å². The number of nitrogens with zero attached hydrogens (tertiary/aromatic N) is 1. The molecule has 0 bridgehead atoms. The summed E-state index contributed by atoms with van der Waals surface area (Å²) in [7, 11) is 1.80. The number of benzene rings is 1. The SMILES string of the molecule is CCOc1ccc(CN(C)CCC(=O)O)cc1F. The van der Waals surface area contributed by atoms with Crippen LogP contribution >= 0.6 is 0 Å². The van der Waals surface area contributed by atoms with Crippen LogP contribution in [0.15, 0.2) is 18.2 Å². The lowest BCUT2D eigenvalue weighted by Crippen LogP contribution is -2.21. The van der Waals surface area contributed by atoms with Crippen LogP contribution in [0, 0.1) is 5.82 Å². The molecule has 0 unspecified atom stereocenters. The molecule has 0 aliphatic carbocycles. The van der Waals surface area contributed by atoms with E-state index in [0.717, 1.165) is 5.56 Å². The zero-order valence-corrected chi connectivity index (χ0v) is 10.6. The van der Waals surface area contributed by atoms with Gasteiger partial charge in [0.05, 0.1) is 13.0 Å². The van der Waals surface area contributed by atoms with Crippen molar-refractivity contribution in [3.63, 3.8) is 0 Å². The third-order valence-electron chi connectivity index (χ3n) is 2.46. The smallest absolute Gasteiger partial charge is 0.304 e. The summed E-state index contributed by atoms with van der Waals surface area (Å²) in [5.74, 6) is -0.977. The van der Waals surface area contributed by atoms with E-state index in [9.17, 15) is 9.18 Å². The van der Waals surface area contributed by atoms with Crippen molar-refractivity contribution in [2.45, 2.75) is 19.9 Å². The van der Waals surface area contributed by atoms with Gasteiger partial charge in [-0.3, -0.25) is 4.79 Å². The fourth-order valence-corrected chi connectivity index (χ4v) is 1.59. The number of aliphatic carboxylic acids is 1. The van der Waals surface area contributed by atoms with Gasteiger partial charge in [-0.2, -0.15) is 0 Å². The van der Waals surface area contributed by atoms with Crippen molar-refractivity contribution in [1.82, 2.24) is 4.90 Å². The van der Waals surface area contributed by atoms with Crippen LogP contribution in [0.25, 0.3) is 0 Å². The molecule has 1 aromatic rings. The van der Waals surface area contributed by atoms with E-state index in [0.29, 0.717) is 19.7 Å².